The van der Waals surface area contributed by atoms with Crippen molar-refractivity contribution in [1.29, 1.82) is 0 Å². The molecule has 0 fully saturated rings. The van der Waals surface area contributed by atoms with Gasteiger partial charge in [0.15, 0.2) is 0 Å². The highest BCUT2D eigenvalue weighted by atomic mass is 16.5. The van der Waals surface area contributed by atoms with E-state index in [-0.39, 0.29) is 12.0 Å². The third-order valence-electron chi connectivity index (χ3n) is 2.08. The minimum atomic E-state index is -0.320. The normalized spacial score (nSPS) is 11.4. The predicted octanol–water partition coefficient (Wildman–Crippen LogP) is 2.59. The van der Waals surface area contributed by atoms with Crippen molar-refractivity contribution < 1.29 is 9.53 Å². The molecule has 0 heterocycles. The molecule has 0 aromatic heterocycles. The molecule has 17 heavy (non-hydrogen) atoms. The van der Waals surface area contributed by atoms with Gasteiger partial charge in [0.05, 0.1) is 6.61 Å². The molecule has 0 saturated heterocycles. The Kier molecular flexibility index (Phi) is 5.27. The van der Waals surface area contributed by atoms with Gasteiger partial charge in [0.25, 0.3) is 0 Å². The van der Waals surface area contributed by atoms with E-state index in [1.54, 1.807) is 6.92 Å². The quantitative estimate of drug-likeness (QED) is 0.627. The van der Waals surface area contributed by atoms with Crippen LogP contribution in [0.5, 0.6) is 0 Å². The molecule has 1 aromatic rings. The van der Waals surface area contributed by atoms with Crippen molar-refractivity contribution in [3.05, 3.63) is 42.0 Å². The summed E-state index contributed by atoms with van der Waals surface area (Å²) in [6.07, 6.45) is 1.50. The van der Waals surface area contributed by atoms with Crippen LogP contribution in [0.25, 0.3) is 5.70 Å². The van der Waals surface area contributed by atoms with Gasteiger partial charge in [-0.2, -0.15) is 0 Å². The zero-order chi connectivity index (χ0) is 12.7. The Morgan fingerprint density at radius 2 is 2.00 bits per heavy atom. The van der Waals surface area contributed by atoms with Crippen molar-refractivity contribution in [3.63, 3.8) is 0 Å². The first-order valence-corrected chi connectivity index (χ1v) is 5.84. The number of hydrogen-bond donors (Lipinski definition) is 1. The number of benzene rings is 1. The summed E-state index contributed by atoms with van der Waals surface area (Å²) >= 11 is 0. The minimum Gasteiger partial charge on any atom is -0.463 e. The number of ether oxygens (including phenoxy) is 1. The first-order valence-electron chi connectivity index (χ1n) is 5.84. The van der Waals surface area contributed by atoms with E-state index in [1.165, 1.54) is 6.08 Å². The lowest BCUT2D eigenvalue weighted by atomic mass is 10.1. The molecule has 0 saturated carbocycles. The van der Waals surface area contributed by atoms with Crippen LogP contribution in [-0.2, 0) is 9.53 Å². The maximum Gasteiger partial charge on any atom is 0.332 e. The Morgan fingerprint density at radius 3 is 2.53 bits per heavy atom. The van der Waals surface area contributed by atoms with Crippen LogP contribution in [0.3, 0.4) is 0 Å². The van der Waals surface area contributed by atoms with E-state index in [4.69, 9.17) is 4.74 Å². The molecule has 0 spiro atoms. The monoisotopic (exact) mass is 233 g/mol. The van der Waals surface area contributed by atoms with Crippen LogP contribution in [0, 0.1) is 0 Å². The van der Waals surface area contributed by atoms with Crippen LogP contribution >= 0.6 is 0 Å². The summed E-state index contributed by atoms with van der Waals surface area (Å²) in [5.41, 5.74) is 1.77. The van der Waals surface area contributed by atoms with Crippen LogP contribution in [0.2, 0.25) is 0 Å². The fourth-order valence-electron chi connectivity index (χ4n) is 1.44. The minimum absolute atomic E-state index is 0.260. The van der Waals surface area contributed by atoms with E-state index in [0.717, 1.165) is 11.3 Å². The van der Waals surface area contributed by atoms with E-state index in [1.807, 2.05) is 44.2 Å². The summed E-state index contributed by atoms with van der Waals surface area (Å²) in [6.45, 7) is 6.24. The highest BCUT2D eigenvalue weighted by Crippen LogP contribution is 2.11. The average Bonchev–Trinajstić information content (AvgIpc) is 2.29. The summed E-state index contributed by atoms with van der Waals surface area (Å²) < 4.78 is 4.92. The second-order valence-electron chi connectivity index (χ2n) is 3.98. The van der Waals surface area contributed by atoms with Gasteiger partial charge in [-0.25, -0.2) is 4.79 Å². The number of carbonyl (C=O) groups is 1. The van der Waals surface area contributed by atoms with E-state index in [0.29, 0.717) is 6.61 Å². The van der Waals surface area contributed by atoms with Gasteiger partial charge in [-0.3, -0.25) is 0 Å². The Bertz CT molecular complexity index is 382. The molecular formula is C14H19NO2. The Balaban J connectivity index is 2.92. The number of hydrogen-bond acceptors (Lipinski definition) is 3. The smallest absolute Gasteiger partial charge is 0.332 e. The number of rotatable bonds is 5. The van der Waals surface area contributed by atoms with Crippen LogP contribution in [-0.4, -0.2) is 18.6 Å². The van der Waals surface area contributed by atoms with E-state index in [2.05, 4.69) is 5.32 Å². The lowest BCUT2D eigenvalue weighted by molar-refractivity contribution is -0.137. The second kappa shape index (κ2) is 6.74. The maximum atomic E-state index is 11.5. The summed E-state index contributed by atoms with van der Waals surface area (Å²) in [5, 5.41) is 3.25. The Hall–Kier alpha value is -1.77. The van der Waals surface area contributed by atoms with Crippen molar-refractivity contribution in [3.8, 4) is 0 Å². The van der Waals surface area contributed by atoms with E-state index < -0.39 is 0 Å². The molecule has 0 aliphatic heterocycles. The van der Waals surface area contributed by atoms with Gasteiger partial charge in [-0.05, 0) is 26.3 Å². The van der Waals surface area contributed by atoms with Gasteiger partial charge >= 0.3 is 5.97 Å². The molecule has 1 N–H and O–H groups in total. The van der Waals surface area contributed by atoms with Crippen LogP contribution in [0.15, 0.2) is 36.4 Å². The molecule has 3 nitrogen and oxygen atoms in total. The van der Waals surface area contributed by atoms with Gasteiger partial charge < -0.3 is 10.1 Å². The van der Waals surface area contributed by atoms with Gasteiger partial charge in [0.1, 0.15) is 0 Å². The molecule has 0 amide bonds. The predicted molar refractivity (Wildman–Crippen MR) is 69.3 cm³/mol. The largest absolute Gasteiger partial charge is 0.463 e. The van der Waals surface area contributed by atoms with Crippen molar-refractivity contribution in [1.82, 2.24) is 5.32 Å². The van der Waals surface area contributed by atoms with Gasteiger partial charge in [0.2, 0.25) is 0 Å². The van der Waals surface area contributed by atoms with Gasteiger partial charge in [-0.1, -0.05) is 30.3 Å². The zero-order valence-corrected chi connectivity index (χ0v) is 10.6. The average molecular weight is 233 g/mol. The van der Waals surface area contributed by atoms with E-state index >= 15 is 0 Å². The topological polar surface area (TPSA) is 38.3 Å². The second-order valence-corrected chi connectivity index (χ2v) is 3.98. The molecule has 92 valence electrons. The Morgan fingerprint density at radius 1 is 1.35 bits per heavy atom. The number of carbonyl (C=O) groups excluding carboxylic acids is 1. The molecule has 0 atom stereocenters. The van der Waals surface area contributed by atoms with Crippen LogP contribution in [0.1, 0.15) is 26.3 Å². The zero-order valence-electron chi connectivity index (χ0n) is 10.6. The van der Waals surface area contributed by atoms with E-state index in [9.17, 15) is 4.79 Å². The van der Waals surface area contributed by atoms with Crippen LogP contribution < -0.4 is 5.32 Å². The van der Waals surface area contributed by atoms with Crippen molar-refractivity contribution in [2.75, 3.05) is 6.61 Å². The third kappa shape index (κ3) is 4.72. The van der Waals surface area contributed by atoms with Crippen molar-refractivity contribution in [2.45, 2.75) is 26.8 Å². The summed E-state index contributed by atoms with van der Waals surface area (Å²) in [7, 11) is 0. The molecule has 1 aromatic carbocycles. The molecular weight excluding hydrogens is 214 g/mol. The summed E-state index contributed by atoms with van der Waals surface area (Å²) in [6, 6.07) is 10.0. The van der Waals surface area contributed by atoms with Crippen LogP contribution in [0.4, 0.5) is 0 Å². The molecule has 0 unspecified atom stereocenters. The standard InChI is InChI=1S/C14H19NO2/c1-4-17-14(16)10-13(15-11(2)3)12-8-6-5-7-9-12/h5-11,15H,4H2,1-3H3/b13-10-. The number of nitrogens with one attached hydrogen (secondary N) is 1. The lowest BCUT2D eigenvalue weighted by Gasteiger charge is -2.14. The molecule has 0 bridgehead atoms. The summed E-state index contributed by atoms with van der Waals surface area (Å²) in [4.78, 5) is 11.5. The third-order valence-corrected chi connectivity index (χ3v) is 2.08. The number of esters is 1. The lowest BCUT2D eigenvalue weighted by Crippen LogP contribution is -2.22. The molecule has 0 radical (unpaired) electrons. The molecule has 0 aliphatic rings. The van der Waals surface area contributed by atoms with Crippen molar-refractivity contribution >= 4 is 11.7 Å². The first kappa shape index (κ1) is 13.3. The summed E-state index contributed by atoms with van der Waals surface area (Å²) in [5.74, 6) is -0.320. The highest BCUT2D eigenvalue weighted by molar-refractivity contribution is 5.90. The Labute approximate surface area is 102 Å². The van der Waals surface area contributed by atoms with Gasteiger partial charge in [0, 0.05) is 17.8 Å². The first-order chi connectivity index (χ1) is 8.13. The fourth-order valence-corrected chi connectivity index (χ4v) is 1.44. The fraction of sp³-hybridized carbons (Fsp3) is 0.357. The highest BCUT2D eigenvalue weighted by Gasteiger charge is 2.06. The molecule has 1 rings (SSSR count). The van der Waals surface area contributed by atoms with Crippen molar-refractivity contribution in [2.24, 2.45) is 0 Å². The van der Waals surface area contributed by atoms with Gasteiger partial charge in [-0.15, -0.1) is 0 Å². The molecule has 3 heteroatoms. The molecule has 0 aliphatic carbocycles. The maximum absolute atomic E-state index is 11.5. The SMILES string of the molecule is CCOC(=O)/C=C(\NC(C)C)c1ccccc1.